The van der Waals surface area contributed by atoms with Crippen LogP contribution in [0.3, 0.4) is 0 Å². The second-order valence-corrected chi connectivity index (χ2v) is 3.15. The van der Waals surface area contributed by atoms with Crippen molar-refractivity contribution in [1.29, 1.82) is 0 Å². The molecule has 0 aliphatic heterocycles. The summed E-state index contributed by atoms with van der Waals surface area (Å²) in [7, 11) is 0. The summed E-state index contributed by atoms with van der Waals surface area (Å²) in [4.78, 5) is 0. The van der Waals surface area contributed by atoms with Gasteiger partial charge in [0, 0.05) is 0 Å². The standard InChI is InChI=1S/C10H12ClF/c1-3-7-5-9(11)10(12)6-8(7)4-2/h5-6H,3-4H2,1-2H3. The Morgan fingerprint density at radius 2 is 1.67 bits per heavy atom. The second kappa shape index (κ2) is 3.90. The molecular formula is C10H12ClF. The lowest BCUT2D eigenvalue weighted by Crippen LogP contribution is -1.92. The Kier molecular flexibility index (Phi) is 3.10. The molecule has 0 saturated carbocycles. The highest BCUT2D eigenvalue weighted by molar-refractivity contribution is 6.30. The van der Waals surface area contributed by atoms with E-state index in [4.69, 9.17) is 11.6 Å². The van der Waals surface area contributed by atoms with Crippen LogP contribution in [0.25, 0.3) is 0 Å². The van der Waals surface area contributed by atoms with Crippen molar-refractivity contribution in [3.05, 3.63) is 34.1 Å². The van der Waals surface area contributed by atoms with Crippen molar-refractivity contribution in [2.24, 2.45) is 0 Å². The third-order valence-electron chi connectivity index (χ3n) is 2.00. The Bertz CT molecular complexity index is 252. The molecule has 0 bridgehead atoms. The van der Waals surface area contributed by atoms with Crippen LogP contribution < -0.4 is 0 Å². The fourth-order valence-corrected chi connectivity index (χ4v) is 1.47. The van der Waals surface area contributed by atoms with Crippen LogP contribution in [0.5, 0.6) is 0 Å². The van der Waals surface area contributed by atoms with Crippen molar-refractivity contribution >= 4 is 11.6 Å². The Balaban J connectivity index is 3.19. The first-order valence-electron chi connectivity index (χ1n) is 4.15. The summed E-state index contributed by atoms with van der Waals surface area (Å²) in [6, 6.07) is 3.25. The molecule has 12 heavy (non-hydrogen) atoms. The number of hydrogen-bond donors (Lipinski definition) is 0. The van der Waals surface area contributed by atoms with Gasteiger partial charge in [0.2, 0.25) is 0 Å². The van der Waals surface area contributed by atoms with Crippen molar-refractivity contribution < 1.29 is 4.39 Å². The molecule has 0 amide bonds. The zero-order chi connectivity index (χ0) is 9.14. The molecule has 1 rings (SSSR count). The van der Waals surface area contributed by atoms with Crippen LogP contribution in [-0.2, 0) is 12.8 Å². The number of rotatable bonds is 2. The minimum absolute atomic E-state index is 0.226. The minimum atomic E-state index is -0.314. The van der Waals surface area contributed by atoms with Crippen molar-refractivity contribution in [3.8, 4) is 0 Å². The molecule has 0 aromatic heterocycles. The molecule has 1 aromatic rings. The van der Waals surface area contributed by atoms with Gasteiger partial charge < -0.3 is 0 Å². The summed E-state index contributed by atoms with van der Waals surface area (Å²) in [6.07, 6.45) is 1.76. The Morgan fingerprint density at radius 3 is 2.17 bits per heavy atom. The molecule has 0 aliphatic rings. The van der Waals surface area contributed by atoms with E-state index < -0.39 is 0 Å². The summed E-state index contributed by atoms with van der Waals surface area (Å²) in [6.45, 7) is 4.06. The van der Waals surface area contributed by atoms with Crippen LogP contribution >= 0.6 is 11.6 Å². The second-order valence-electron chi connectivity index (χ2n) is 2.74. The third kappa shape index (κ3) is 1.78. The summed E-state index contributed by atoms with van der Waals surface area (Å²) in [5, 5.41) is 0.226. The highest BCUT2D eigenvalue weighted by Crippen LogP contribution is 2.21. The zero-order valence-corrected chi connectivity index (χ0v) is 8.08. The predicted molar refractivity (Wildman–Crippen MR) is 50.2 cm³/mol. The molecule has 66 valence electrons. The highest BCUT2D eigenvalue weighted by atomic mass is 35.5. The van der Waals surface area contributed by atoms with Crippen LogP contribution in [0.4, 0.5) is 4.39 Å². The van der Waals surface area contributed by atoms with E-state index in [1.807, 2.05) is 13.8 Å². The summed E-state index contributed by atoms with van der Waals surface area (Å²) in [5.41, 5.74) is 2.20. The molecule has 0 N–H and O–H groups in total. The molecule has 0 saturated heterocycles. The van der Waals surface area contributed by atoms with Gasteiger partial charge in [0.25, 0.3) is 0 Å². The van der Waals surface area contributed by atoms with Crippen molar-refractivity contribution in [2.45, 2.75) is 26.7 Å². The molecule has 0 radical (unpaired) electrons. The van der Waals surface area contributed by atoms with Crippen LogP contribution in [-0.4, -0.2) is 0 Å². The first-order chi connectivity index (χ1) is 5.69. The maximum absolute atomic E-state index is 13.0. The van der Waals surface area contributed by atoms with Gasteiger partial charge in [0.05, 0.1) is 5.02 Å². The minimum Gasteiger partial charge on any atom is -0.205 e. The van der Waals surface area contributed by atoms with Crippen LogP contribution in [0.1, 0.15) is 25.0 Å². The average Bonchev–Trinajstić information content (AvgIpc) is 2.09. The van der Waals surface area contributed by atoms with Gasteiger partial charge in [-0.25, -0.2) is 4.39 Å². The van der Waals surface area contributed by atoms with Gasteiger partial charge in [-0.1, -0.05) is 25.4 Å². The topological polar surface area (TPSA) is 0 Å². The Morgan fingerprint density at radius 1 is 1.17 bits per heavy atom. The molecule has 0 nitrogen and oxygen atoms in total. The van der Waals surface area contributed by atoms with Crippen LogP contribution in [0.15, 0.2) is 12.1 Å². The fraction of sp³-hybridized carbons (Fsp3) is 0.400. The van der Waals surface area contributed by atoms with Gasteiger partial charge in [-0.2, -0.15) is 0 Å². The first kappa shape index (κ1) is 9.53. The van der Waals surface area contributed by atoms with E-state index in [0.717, 1.165) is 24.0 Å². The third-order valence-corrected chi connectivity index (χ3v) is 2.29. The van der Waals surface area contributed by atoms with Crippen LogP contribution in [0.2, 0.25) is 5.02 Å². The van der Waals surface area contributed by atoms with E-state index in [2.05, 4.69) is 0 Å². The van der Waals surface area contributed by atoms with Crippen LogP contribution in [0, 0.1) is 5.82 Å². The number of hydrogen-bond acceptors (Lipinski definition) is 0. The van der Waals surface area contributed by atoms with E-state index in [-0.39, 0.29) is 10.8 Å². The van der Waals surface area contributed by atoms with Crippen molar-refractivity contribution in [1.82, 2.24) is 0 Å². The lowest BCUT2D eigenvalue weighted by Gasteiger charge is -2.06. The average molecular weight is 187 g/mol. The predicted octanol–water partition coefficient (Wildman–Crippen LogP) is 3.60. The molecule has 0 unspecified atom stereocenters. The van der Waals surface area contributed by atoms with E-state index in [0.29, 0.717) is 0 Å². The van der Waals surface area contributed by atoms with Crippen molar-refractivity contribution in [3.63, 3.8) is 0 Å². The quantitative estimate of drug-likeness (QED) is 0.662. The molecule has 0 atom stereocenters. The smallest absolute Gasteiger partial charge is 0.142 e. The molecule has 0 aliphatic carbocycles. The van der Waals surface area contributed by atoms with E-state index in [1.54, 1.807) is 6.07 Å². The lowest BCUT2D eigenvalue weighted by molar-refractivity contribution is 0.625. The molecule has 0 spiro atoms. The fourth-order valence-electron chi connectivity index (χ4n) is 1.29. The van der Waals surface area contributed by atoms with E-state index >= 15 is 0 Å². The number of benzene rings is 1. The van der Waals surface area contributed by atoms with E-state index in [9.17, 15) is 4.39 Å². The maximum atomic E-state index is 13.0. The normalized spacial score (nSPS) is 10.3. The van der Waals surface area contributed by atoms with Gasteiger partial charge in [-0.3, -0.25) is 0 Å². The highest BCUT2D eigenvalue weighted by Gasteiger charge is 2.05. The number of aryl methyl sites for hydroxylation is 2. The zero-order valence-electron chi connectivity index (χ0n) is 7.32. The Labute approximate surface area is 77.4 Å². The monoisotopic (exact) mass is 186 g/mol. The molecular weight excluding hydrogens is 175 g/mol. The summed E-state index contributed by atoms with van der Waals surface area (Å²) in [5.74, 6) is -0.314. The first-order valence-corrected chi connectivity index (χ1v) is 4.53. The summed E-state index contributed by atoms with van der Waals surface area (Å²) < 4.78 is 13.0. The lowest BCUT2D eigenvalue weighted by atomic mass is 10.0. The van der Waals surface area contributed by atoms with Gasteiger partial charge in [-0.05, 0) is 36.1 Å². The van der Waals surface area contributed by atoms with Gasteiger partial charge >= 0.3 is 0 Å². The molecule has 0 fully saturated rings. The van der Waals surface area contributed by atoms with Gasteiger partial charge in [0.15, 0.2) is 0 Å². The maximum Gasteiger partial charge on any atom is 0.142 e. The summed E-state index contributed by atoms with van der Waals surface area (Å²) >= 11 is 5.65. The molecule has 2 heteroatoms. The van der Waals surface area contributed by atoms with E-state index in [1.165, 1.54) is 6.07 Å². The van der Waals surface area contributed by atoms with Gasteiger partial charge in [-0.15, -0.1) is 0 Å². The van der Waals surface area contributed by atoms with Gasteiger partial charge in [0.1, 0.15) is 5.82 Å². The number of halogens is 2. The largest absolute Gasteiger partial charge is 0.205 e. The molecule has 1 aromatic carbocycles. The molecule has 0 heterocycles. The SMILES string of the molecule is CCc1cc(F)c(Cl)cc1CC. The Hall–Kier alpha value is -0.560. The van der Waals surface area contributed by atoms with Crippen molar-refractivity contribution in [2.75, 3.05) is 0 Å².